The van der Waals surface area contributed by atoms with Gasteiger partial charge in [0.1, 0.15) is 0 Å². The fourth-order valence-corrected chi connectivity index (χ4v) is 3.50. The Hall–Kier alpha value is -0.0300. The molecule has 0 aromatic carbocycles. The number of rotatable bonds is 5. The highest BCUT2D eigenvalue weighted by Crippen LogP contribution is 2.17. The smallest absolute Gasteiger partial charge is 0.239 e. The molecule has 0 aliphatic carbocycles. The van der Waals surface area contributed by atoms with E-state index in [4.69, 9.17) is 0 Å². The lowest BCUT2D eigenvalue weighted by Gasteiger charge is -2.35. The fraction of sp³-hybridized carbons (Fsp3) is 0.938. The molecular weight excluding hydrogens is 321 g/mol. The van der Waals surface area contributed by atoms with Crippen LogP contribution in [0.1, 0.15) is 52.4 Å². The van der Waals surface area contributed by atoms with Crippen molar-refractivity contribution in [2.75, 3.05) is 32.7 Å². The number of amides is 1. The Bertz CT molecular complexity index is 304. The number of nitrogens with zero attached hydrogens (tertiary/aromatic N) is 2. The van der Waals surface area contributed by atoms with Crippen molar-refractivity contribution in [1.29, 1.82) is 0 Å². The Balaban J connectivity index is 0.00000220. The summed E-state index contributed by atoms with van der Waals surface area (Å²) in [5.74, 6) is 0.349. The Morgan fingerprint density at radius 1 is 1.23 bits per heavy atom. The number of carbonyl (C=O) groups is 1. The number of carbonyl (C=O) groups excluding carboxylic acids is 1. The summed E-state index contributed by atoms with van der Waals surface area (Å²) >= 11 is 0. The van der Waals surface area contributed by atoms with E-state index >= 15 is 0 Å². The number of hydrogen-bond donors (Lipinski definition) is 1. The van der Waals surface area contributed by atoms with Crippen molar-refractivity contribution in [2.24, 2.45) is 0 Å². The Kier molecular flexibility index (Phi) is 11.5. The van der Waals surface area contributed by atoms with Gasteiger partial charge in [-0.25, -0.2) is 0 Å². The van der Waals surface area contributed by atoms with Gasteiger partial charge in [0.25, 0.3) is 0 Å². The maximum atomic E-state index is 12.9. The van der Waals surface area contributed by atoms with Crippen molar-refractivity contribution in [3.05, 3.63) is 0 Å². The molecule has 2 atom stereocenters. The second kappa shape index (κ2) is 11.5. The van der Waals surface area contributed by atoms with Gasteiger partial charge in [-0.05, 0) is 52.2 Å². The van der Waals surface area contributed by atoms with E-state index in [-0.39, 0.29) is 30.9 Å². The summed E-state index contributed by atoms with van der Waals surface area (Å²) in [6.45, 7) is 9.39. The van der Waals surface area contributed by atoms with Crippen LogP contribution in [0, 0.1) is 0 Å². The Morgan fingerprint density at radius 3 is 2.36 bits per heavy atom. The molecule has 6 heteroatoms. The van der Waals surface area contributed by atoms with E-state index in [2.05, 4.69) is 29.0 Å². The Labute approximate surface area is 148 Å². The summed E-state index contributed by atoms with van der Waals surface area (Å²) in [4.78, 5) is 17.4. The van der Waals surface area contributed by atoms with Crippen LogP contribution in [0.15, 0.2) is 0 Å². The molecule has 2 unspecified atom stereocenters. The van der Waals surface area contributed by atoms with Gasteiger partial charge < -0.3 is 10.2 Å². The van der Waals surface area contributed by atoms with Crippen LogP contribution in [0.2, 0.25) is 0 Å². The zero-order valence-corrected chi connectivity index (χ0v) is 15.7. The third-order valence-electron chi connectivity index (χ3n) is 4.77. The van der Waals surface area contributed by atoms with Crippen LogP contribution in [0.5, 0.6) is 0 Å². The minimum absolute atomic E-state index is 0. The highest BCUT2D eigenvalue weighted by atomic mass is 35.5. The molecule has 2 saturated heterocycles. The maximum Gasteiger partial charge on any atom is 0.239 e. The standard InChI is InChI=1S/C16H31N3O.2ClH/c1-3-10-19(15-8-9-17-13-15)16(20)14(2)18-11-6-4-5-7-12-18;;/h14-15,17H,3-13H2,1-2H3;2*1H. The van der Waals surface area contributed by atoms with Crippen LogP contribution in [-0.2, 0) is 4.79 Å². The average molecular weight is 354 g/mol. The second-order valence-electron chi connectivity index (χ2n) is 6.30. The molecule has 2 aliphatic heterocycles. The lowest BCUT2D eigenvalue weighted by atomic mass is 10.1. The van der Waals surface area contributed by atoms with Crippen LogP contribution in [0.4, 0.5) is 0 Å². The first kappa shape index (κ1) is 22.0. The van der Waals surface area contributed by atoms with Crippen LogP contribution in [0.25, 0.3) is 0 Å². The molecular formula is C16H33Cl2N3O. The predicted octanol–water partition coefficient (Wildman–Crippen LogP) is 2.70. The summed E-state index contributed by atoms with van der Waals surface area (Å²) in [6, 6.07) is 0.470. The van der Waals surface area contributed by atoms with Crippen molar-refractivity contribution >= 4 is 30.7 Å². The van der Waals surface area contributed by atoms with E-state index in [0.29, 0.717) is 11.9 Å². The molecule has 22 heavy (non-hydrogen) atoms. The molecule has 0 aromatic rings. The average Bonchev–Trinajstić information content (AvgIpc) is 2.85. The SMILES string of the molecule is CCCN(C(=O)C(C)N1CCCCCC1)C1CCNC1.Cl.Cl. The first-order valence-electron chi connectivity index (χ1n) is 8.49. The van der Waals surface area contributed by atoms with E-state index in [0.717, 1.165) is 45.6 Å². The molecule has 0 radical (unpaired) electrons. The molecule has 0 bridgehead atoms. The van der Waals surface area contributed by atoms with Gasteiger partial charge in [-0.3, -0.25) is 9.69 Å². The molecule has 2 heterocycles. The van der Waals surface area contributed by atoms with E-state index in [1.165, 1.54) is 25.7 Å². The predicted molar refractivity (Wildman–Crippen MR) is 97.3 cm³/mol. The summed E-state index contributed by atoms with van der Waals surface area (Å²) in [7, 11) is 0. The zero-order chi connectivity index (χ0) is 14.4. The van der Waals surface area contributed by atoms with E-state index < -0.39 is 0 Å². The quantitative estimate of drug-likeness (QED) is 0.825. The fourth-order valence-electron chi connectivity index (χ4n) is 3.50. The van der Waals surface area contributed by atoms with Crippen LogP contribution in [-0.4, -0.2) is 60.5 Å². The molecule has 0 aromatic heterocycles. The summed E-state index contributed by atoms with van der Waals surface area (Å²) in [6.07, 6.45) is 7.30. The van der Waals surface area contributed by atoms with Crippen LogP contribution in [0.3, 0.4) is 0 Å². The largest absolute Gasteiger partial charge is 0.337 e. The summed E-state index contributed by atoms with van der Waals surface area (Å²) in [5.41, 5.74) is 0. The van der Waals surface area contributed by atoms with Crippen molar-refractivity contribution < 1.29 is 4.79 Å². The first-order chi connectivity index (χ1) is 9.74. The topological polar surface area (TPSA) is 35.6 Å². The molecule has 2 fully saturated rings. The number of likely N-dealkylation sites (tertiary alicyclic amines) is 1. The van der Waals surface area contributed by atoms with Crippen molar-refractivity contribution in [3.63, 3.8) is 0 Å². The highest BCUT2D eigenvalue weighted by molar-refractivity contribution is 5.85. The lowest BCUT2D eigenvalue weighted by molar-refractivity contribution is -0.138. The van der Waals surface area contributed by atoms with Gasteiger partial charge in [0.05, 0.1) is 6.04 Å². The molecule has 1 amide bonds. The van der Waals surface area contributed by atoms with E-state index in [9.17, 15) is 4.79 Å². The molecule has 0 spiro atoms. The Morgan fingerprint density at radius 2 is 1.86 bits per heavy atom. The second-order valence-corrected chi connectivity index (χ2v) is 6.30. The van der Waals surface area contributed by atoms with Gasteiger partial charge in [0.2, 0.25) is 5.91 Å². The first-order valence-corrected chi connectivity index (χ1v) is 8.49. The van der Waals surface area contributed by atoms with Gasteiger partial charge in [-0.1, -0.05) is 19.8 Å². The highest BCUT2D eigenvalue weighted by Gasteiger charge is 2.31. The monoisotopic (exact) mass is 353 g/mol. The number of nitrogens with one attached hydrogen (secondary N) is 1. The molecule has 4 nitrogen and oxygen atoms in total. The van der Waals surface area contributed by atoms with E-state index in [1.807, 2.05) is 0 Å². The van der Waals surface area contributed by atoms with Crippen molar-refractivity contribution in [1.82, 2.24) is 15.1 Å². The maximum absolute atomic E-state index is 12.9. The molecule has 132 valence electrons. The molecule has 1 N–H and O–H groups in total. The number of halogens is 2. The minimum Gasteiger partial charge on any atom is -0.337 e. The number of hydrogen-bond acceptors (Lipinski definition) is 3. The van der Waals surface area contributed by atoms with Crippen LogP contribution < -0.4 is 5.32 Å². The van der Waals surface area contributed by atoms with Crippen molar-refractivity contribution in [3.8, 4) is 0 Å². The van der Waals surface area contributed by atoms with E-state index in [1.54, 1.807) is 0 Å². The summed E-state index contributed by atoms with van der Waals surface area (Å²) in [5, 5.41) is 3.39. The minimum atomic E-state index is 0. The zero-order valence-electron chi connectivity index (χ0n) is 14.1. The van der Waals surface area contributed by atoms with Gasteiger partial charge in [-0.2, -0.15) is 0 Å². The molecule has 2 rings (SSSR count). The molecule has 2 aliphatic rings. The summed E-state index contributed by atoms with van der Waals surface area (Å²) < 4.78 is 0. The van der Waals surface area contributed by atoms with Crippen LogP contribution >= 0.6 is 24.8 Å². The van der Waals surface area contributed by atoms with Gasteiger partial charge in [0, 0.05) is 19.1 Å². The van der Waals surface area contributed by atoms with Gasteiger partial charge in [-0.15, -0.1) is 24.8 Å². The molecule has 0 saturated carbocycles. The van der Waals surface area contributed by atoms with Crippen molar-refractivity contribution in [2.45, 2.75) is 64.5 Å². The third-order valence-corrected chi connectivity index (χ3v) is 4.77. The third kappa shape index (κ3) is 5.88. The normalized spacial score (nSPS) is 23.8. The van der Waals surface area contributed by atoms with Gasteiger partial charge >= 0.3 is 0 Å². The lowest BCUT2D eigenvalue weighted by Crippen LogP contribution is -2.51. The van der Waals surface area contributed by atoms with Gasteiger partial charge in [0.15, 0.2) is 0 Å².